The van der Waals surface area contributed by atoms with E-state index in [0.717, 1.165) is 42.4 Å². The lowest BCUT2D eigenvalue weighted by molar-refractivity contribution is -0.139. The Hall–Kier alpha value is -3.03. The zero-order valence-electron chi connectivity index (χ0n) is 17.7. The molecule has 3 aliphatic rings. The van der Waals surface area contributed by atoms with Crippen LogP contribution in [0, 0.1) is 6.92 Å². The molecule has 1 fully saturated rings. The van der Waals surface area contributed by atoms with E-state index in [4.69, 9.17) is 4.74 Å². The van der Waals surface area contributed by atoms with Crippen LogP contribution < -0.4 is 15.4 Å². The van der Waals surface area contributed by atoms with Gasteiger partial charge in [-0.05, 0) is 79.8 Å². The van der Waals surface area contributed by atoms with Crippen molar-refractivity contribution in [2.45, 2.75) is 50.6 Å². The third-order valence-electron chi connectivity index (χ3n) is 6.16. The molecule has 2 bridgehead atoms. The van der Waals surface area contributed by atoms with E-state index in [1.807, 2.05) is 36.5 Å². The number of benzene rings is 2. The standard InChI is InChI=1S/C24H25F3N2O3/c1-14-3-2-4-17(11-14)29-23(31)18-9-10-19(32-12-20(30)28-13-24(25,26)27)22-16-7-5-15(6-8-16)21(18)22/h2-4,9-11,15-16H,5-8,12-13H2,1H3,(H,28,30)(H,29,31). The molecule has 0 saturated heterocycles. The summed E-state index contributed by atoms with van der Waals surface area (Å²) in [5.41, 5.74) is 4.21. The molecule has 2 N–H and O–H groups in total. The van der Waals surface area contributed by atoms with Crippen LogP contribution >= 0.6 is 0 Å². The number of hydrogen-bond acceptors (Lipinski definition) is 3. The highest BCUT2D eigenvalue weighted by molar-refractivity contribution is 6.06. The minimum absolute atomic E-state index is 0.200. The maximum Gasteiger partial charge on any atom is 0.405 e. The molecule has 0 radical (unpaired) electrons. The molecule has 2 aromatic carbocycles. The van der Waals surface area contributed by atoms with Crippen LogP contribution in [0.5, 0.6) is 5.75 Å². The van der Waals surface area contributed by atoms with Crippen molar-refractivity contribution in [3.8, 4) is 5.75 Å². The van der Waals surface area contributed by atoms with Gasteiger partial charge in [-0.1, -0.05) is 12.1 Å². The van der Waals surface area contributed by atoms with Gasteiger partial charge in [-0.2, -0.15) is 13.2 Å². The van der Waals surface area contributed by atoms with Crippen molar-refractivity contribution in [2.24, 2.45) is 0 Å². The summed E-state index contributed by atoms with van der Waals surface area (Å²) in [6, 6.07) is 10.9. The van der Waals surface area contributed by atoms with Gasteiger partial charge in [0.2, 0.25) is 0 Å². The van der Waals surface area contributed by atoms with Crippen LogP contribution in [0.25, 0.3) is 0 Å². The highest BCUT2D eigenvalue weighted by atomic mass is 19.4. The van der Waals surface area contributed by atoms with Crippen LogP contribution in [-0.4, -0.2) is 31.1 Å². The lowest BCUT2D eigenvalue weighted by Crippen LogP contribution is -2.36. The summed E-state index contributed by atoms with van der Waals surface area (Å²) >= 11 is 0. The monoisotopic (exact) mass is 446 g/mol. The normalized spacial score (nSPS) is 19.2. The molecule has 0 heterocycles. The molecule has 1 saturated carbocycles. The molecule has 0 unspecified atom stereocenters. The summed E-state index contributed by atoms with van der Waals surface area (Å²) in [6.07, 6.45) is -0.565. The predicted octanol–water partition coefficient (Wildman–Crippen LogP) is 5.06. The lowest BCUT2D eigenvalue weighted by atomic mass is 9.65. The molecule has 5 nitrogen and oxygen atoms in total. The molecular formula is C24H25F3N2O3. The van der Waals surface area contributed by atoms with Gasteiger partial charge in [0.25, 0.3) is 11.8 Å². The van der Waals surface area contributed by atoms with Crippen LogP contribution in [0.1, 0.15) is 64.6 Å². The van der Waals surface area contributed by atoms with Gasteiger partial charge in [-0.25, -0.2) is 0 Å². The zero-order chi connectivity index (χ0) is 22.9. The fraction of sp³-hybridized carbons (Fsp3) is 0.417. The first-order valence-electron chi connectivity index (χ1n) is 10.7. The SMILES string of the molecule is Cc1cccc(NC(=O)c2ccc(OCC(=O)NCC(F)(F)F)c3c2C2CCC3CC2)c1. The number of carbonyl (C=O) groups is 2. The van der Waals surface area contributed by atoms with E-state index in [1.165, 1.54) is 0 Å². The molecule has 0 aliphatic heterocycles. The third-order valence-corrected chi connectivity index (χ3v) is 6.16. The van der Waals surface area contributed by atoms with Crippen LogP contribution in [-0.2, 0) is 4.79 Å². The van der Waals surface area contributed by atoms with Crippen LogP contribution in [0.3, 0.4) is 0 Å². The van der Waals surface area contributed by atoms with Gasteiger partial charge >= 0.3 is 6.18 Å². The van der Waals surface area contributed by atoms with Crippen molar-refractivity contribution >= 4 is 17.5 Å². The Bertz CT molecular complexity index is 1030. The minimum Gasteiger partial charge on any atom is -0.483 e. The van der Waals surface area contributed by atoms with E-state index >= 15 is 0 Å². The van der Waals surface area contributed by atoms with Gasteiger partial charge in [0.1, 0.15) is 12.3 Å². The van der Waals surface area contributed by atoms with Crippen molar-refractivity contribution in [1.29, 1.82) is 0 Å². The second-order valence-electron chi connectivity index (χ2n) is 8.49. The molecule has 0 spiro atoms. The summed E-state index contributed by atoms with van der Waals surface area (Å²) in [5.74, 6) is -0.110. The molecule has 170 valence electrons. The van der Waals surface area contributed by atoms with Gasteiger partial charge in [0.15, 0.2) is 6.61 Å². The Kier molecular flexibility index (Phi) is 6.13. The number of alkyl halides is 3. The lowest BCUT2D eigenvalue weighted by Gasteiger charge is -2.40. The van der Waals surface area contributed by atoms with Gasteiger partial charge in [-0.15, -0.1) is 0 Å². The van der Waals surface area contributed by atoms with E-state index in [0.29, 0.717) is 17.0 Å². The molecule has 0 atom stereocenters. The maximum atomic E-state index is 13.1. The second kappa shape index (κ2) is 8.84. The molecule has 8 heteroatoms. The Labute approximate surface area is 184 Å². The summed E-state index contributed by atoms with van der Waals surface area (Å²) in [5, 5.41) is 4.77. The van der Waals surface area contributed by atoms with Crippen molar-refractivity contribution in [3.05, 3.63) is 58.7 Å². The maximum absolute atomic E-state index is 13.1. The highest BCUT2D eigenvalue weighted by Crippen LogP contribution is 2.53. The summed E-state index contributed by atoms with van der Waals surface area (Å²) in [7, 11) is 0. The molecule has 32 heavy (non-hydrogen) atoms. The summed E-state index contributed by atoms with van der Waals surface area (Å²) < 4.78 is 42.6. The van der Waals surface area contributed by atoms with E-state index in [9.17, 15) is 22.8 Å². The van der Waals surface area contributed by atoms with Crippen molar-refractivity contribution in [2.75, 3.05) is 18.5 Å². The van der Waals surface area contributed by atoms with Crippen molar-refractivity contribution in [1.82, 2.24) is 5.32 Å². The quantitative estimate of drug-likeness (QED) is 0.652. The fourth-order valence-electron chi connectivity index (χ4n) is 4.79. The average molecular weight is 446 g/mol. The fourth-order valence-corrected chi connectivity index (χ4v) is 4.79. The number of fused-ring (bicyclic) bond motifs is 2. The number of amides is 2. The third kappa shape index (κ3) is 4.89. The zero-order valence-corrected chi connectivity index (χ0v) is 17.7. The van der Waals surface area contributed by atoms with E-state index in [1.54, 1.807) is 12.1 Å². The molecule has 2 aromatic rings. The Morgan fingerprint density at radius 3 is 2.38 bits per heavy atom. The largest absolute Gasteiger partial charge is 0.483 e. The second-order valence-corrected chi connectivity index (χ2v) is 8.49. The van der Waals surface area contributed by atoms with Crippen molar-refractivity contribution in [3.63, 3.8) is 0 Å². The van der Waals surface area contributed by atoms with Gasteiger partial charge in [0.05, 0.1) is 0 Å². The first kappa shape index (κ1) is 22.2. The molecule has 0 aromatic heterocycles. The van der Waals surface area contributed by atoms with Gasteiger partial charge in [-0.3, -0.25) is 9.59 Å². The molecule has 5 rings (SSSR count). The van der Waals surface area contributed by atoms with Gasteiger partial charge in [0, 0.05) is 16.8 Å². The van der Waals surface area contributed by atoms with E-state index in [2.05, 4.69) is 5.32 Å². The van der Waals surface area contributed by atoms with E-state index < -0.39 is 25.2 Å². The number of aryl methyl sites for hydroxylation is 1. The number of halogens is 3. The minimum atomic E-state index is -4.47. The first-order chi connectivity index (χ1) is 15.2. The number of rotatable bonds is 6. The number of nitrogens with one attached hydrogen (secondary N) is 2. The summed E-state index contributed by atoms with van der Waals surface area (Å²) in [4.78, 5) is 24.9. The number of anilines is 1. The molecule has 3 aliphatic carbocycles. The predicted molar refractivity (Wildman–Crippen MR) is 114 cm³/mol. The molecular weight excluding hydrogens is 421 g/mol. The number of hydrogen-bond donors (Lipinski definition) is 2. The average Bonchev–Trinajstić information content (AvgIpc) is 2.76. The topological polar surface area (TPSA) is 67.4 Å². The summed E-state index contributed by atoms with van der Waals surface area (Å²) in [6.45, 7) is 0.0539. The Morgan fingerprint density at radius 1 is 1.03 bits per heavy atom. The van der Waals surface area contributed by atoms with Crippen LogP contribution in [0.2, 0.25) is 0 Å². The highest BCUT2D eigenvalue weighted by Gasteiger charge is 2.38. The number of ether oxygens (including phenoxy) is 1. The molecule has 2 amide bonds. The van der Waals surface area contributed by atoms with Crippen LogP contribution in [0.4, 0.5) is 18.9 Å². The smallest absolute Gasteiger partial charge is 0.405 e. The first-order valence-corrected chi connectivity index (χ1v) is 10.7. The van der Waals surface area contributed by atoms with Gasteiger partial charge < -0.3 is 15.4 Å². The van der Waals surface area contributed by atoms with Crippen molar-refractivity contribution < 1.29 is 27.5 Å². The Balaban J connectivity index is 1.56. The number of carbonyl (C=O) groups excluding carboxylic acids is 2. The van der Waals surface area contributed by atoms with E-state index in [-0.39, 0.29) is 17.7 Å². The Morgan fingerprint density at radius 2 is 1.72 bits per heavy atom. The van der Waals surface area contributed by atoms with Crippen LogP contribution in [0.15, 0.2) is 36.4 Å².